The van der Waals surface area contributed by atoms with Crippen LogP contribution in [0.4, 0.5) is 5.69 Å². The topological polar surface area (TPSA) is 54.9 Å². The third-order valence-corrected chi connectivity index (χ3v) is 3.36. The smallest absolute Gasteiger partial charge is 0.287 e. The molecule has 0 spiro atoms. The maximum Gasteiger partial charge on any atom is 0.287 e. The number of hydrogen-bond acceptors (Lipinski definition) is 2. The van der Waals surface area contributed by atoms with E-state index in [9.17, 15) is 4.79 Å². The van der Waals surface area contributed by atoms with Gasteiger partial charge in [-0.05, 0) is 25.0 Å². The summed E-state index contributed by atoms with van der Waals surface area (Å²) >= 11 is 0. The number of benzene rings is 2. The number of quaternary nitrogens is 1. The number of anilines is 1. The van der Waals surface area contributed by atoms with Crippen molar-refractivity contribution >= 4 is 11.6 Å². The van der Waals surface area contributed by atoms with E-state index in [0.717, 1.165) is 5.56 Å². The SMILES string of the molecule is C#CC[NH2+][C@@H](C(=O)Nc1ccccc1OCC)c1ccccc1. The summed E-state index contributed by atoms with van der Waals surface area (Å²) in [6, 6.07) is 16.6. The molecule has 23 heavy (non-hydrogen) atoms. The van der Waals surface area contributed by atoms with Crippen molar-refractivity contribution in [3.8, 4) is 18.1 Å². The first-order valence-corrected chi connectivity index (χ1v) is 7.60. The summed E-state index contributed by atoms with van der Waals surface area (Å²) in [7, 11) is 0. The molecule has 1 amide bonds. The van der Waals surface area contributed by atoms with Crippen molar-refractivity contribution in [1.29, 1.82) is 0 Å². The summed E-state index contributed by atoms with van der Waals surface area (Å²) in [4.78, 5) is 12.7. The van der Waals surface area contributed by atoms with E-state index in [2.05, 4.69) is 11.2 Å². The predicted molar refractivity (Wildman–Crippen MR) is 91.0 cm³/mol. The first-order valence-electron chi connectivity index (χ1n) is 7.60. The van der Waals surface area contributed by atoms with Crippen molar-refractivity contribution in [2.75, 3.05) is 18.5 Å². The van der Waals surface area contributed by atoms with Gasteiger partial charge in [-0.2, -0.15) is 0 Å². The molecule has 0 saturated heterocycles. The van der Waals surface area contributed by atoms with Crippen molar-refractivity contribution < 1.29 is 14.8 Å². The number of nitrogens with one attached hydrogen (secondary N) is 1. The molecule has 4 nitrogen and oxygen atoms in total. The van der Waals surface area contributed by atoms with Crippen molar-refractivity contribution in [3.63, 3.8) is 0 Å². The second kappa shape index (κ2) is 8.62. The summed E-state index contributed by atoms with van der Waals surface area (Å²) < 4.78 is 5.55. The zero-order chi connectivity index (χ0) is 16.5. The molecule has 0 heterocycles. The number of carbonyl (C=O) groups is 1. The van der Waals surface area contributed by atoms with E-state index in [-0.39, 0.29) is 5.91 Å². The Morgan fingerprint density at radius 3 is 2.61 bits per heavy atom. The van der Waals surface area contributed by atoms with Crippen molar-refractivity contribution in [3.05, 3.63) is 60.2 Å². The fourth-order valence-corrected chi connectivity index (χ4v) is 2.30. The van der Waals surface area contributed by atoms with E-state index < -0.39 is 6.04 Å². The molecule has 2 aromatic rings. The minimum atomic E-state index is -0.401. The van der Waals surface area contributed by atoms with E-state index in [0.29, 0.717) is 24.6 Å². The van der Waals surface area contributed by atoms with Gasteiger partial charge in [0.25, 0.3) is 5.91 Å². The van der Waals surface area contributed by atoms with Gasteiger partial charge in [-0.25, -0.2) is 0 Å². The molecule has 1 atom stereocenters. The molecule has 0 bridgehead atoms. The van der Waals surface area contributed by atoms with Gasteiger partial charge in [-0.1, -0.05) is 42.5 Å². The van der Waals surface area contributed by atoms with E-state index in [1.807, 2.05) is 66.8 Å². The third kappa shape index (κ3) is 4.60. The highest BCUT2D eigenvalue weighted by atomic mass is 16.5. The predicted octanol–water partition coefficient (Wildman–Crippen LogP) is 1.96. The Balaban J connectivity index is 2.20. The quantitative estimate of drug-likeness (QED) is 0.768. The summed E-state index contributed by atoms with van der Waals surface area (Å²) in [6.07, 6.45) is 5.34. The van der Waals surface area contributed by atoms with Crippen LogP contribution in [-0.4, -0.2) is 19.1 Å². The summed E-state index contributed by atoms with van der Waals surface area (Å²) in [5.74, 6) is 3.09. The van der Waals surface area contributed by atoms with Crippen molar-refractivity contribution in [1.82, 2.24) is 0 Å². The lowest BCUT2D eigenvalue weighted by Gasteiger charge is -2.16. The van der Waals surface area contributed by atoms with Crippen LogP contribution in [0.25, 0.3) is 0 Å². The third-order valence-electron chi connectivity index (χ3n) is 3.36. The fraction of sp³-hybridized carbons (Fsp3) is 0.211. The van der Waals surface area contributed by atoms with Crippen LogP contribution in [0.2, 0.25) is 0 Å². The first-order chi connectivity index (χ1) is 11.3. The molecular formula is C19H21N2O2+. The van der Waals surface area contributed by atoms with Gasteiger partial charge in [0.15, 0.2) is 6.04 Å². The highest BCUT2D eigenvalue weighted by molar-refractivity contribution is 5.95. The van der Waals surface area contributed by atoms with E-state index in [1.54, 1.807) is 0 Å². The summed E-state index contributed by atoms with van der Waals surface area (Å²) in [5.41, 5.74) is 1.57. The highest BCUT2D eigenvalue weighted by Crippen LogP contribution is 2.24. The number of nitrogens with two attached hydrogens (primary N) is 1. The lowest BCUT2D eigenvalue weighted by Crippen LogP contribution is -2.87. The van der Waals surface area contributed by atoms with Crippen LogP contribution >= 0.6 is 0 Å². The van der Waals surface area contributed by atoms with Gasteiger partial charge < -0.3 is 15.4 Å². The number of amides is 1. The van der Waals surface area contributed by atoms with Gasteiger partial charge in [0.05, 0.1) is 12.3 Å². The fourth-order valence-electron chi connectivity index (χ4n) is 2.30. The summed E-state index contributed by atoms with van der Waals surface area (Å²) in [6.45, 7) is 2.88. The van der Waals surface area contributed by atoms with Gasteiger partial charge in [-0.3, -0.25) is 4.79 Å². The van der Waals surface area contributed by atoms with Gasteiger partial charge >= 0.3 is 0 Å². The van der Waals surface area contributed by atoms with Gasteiger partial charge in [-0.15, -0.1) is 6.42 Å². The van der Waals surface area contributed by atoms with E-state index in [1.165, 1.54) is 0 Å². The molecule has 0 aliphatic carbocycles. The van der Waals surface area contributed by atoms with Crippen molar-refractivity contribution in [2.24, 2.45) is 0 Å². The van der Waals surface area contributed by atoms with Gasteiger partial charge in [0.1, 0.15) is 12.3 Å². The number of carbonyl (C=O) groups excluding carboxylic acids is 1. The molecule has 0 aliphatic heterocycles. The molecule has 2 aromatic carbocycles. The maximum atomic E-state index is 12.7. The number of ether oxygens (including phenoxy) is 1. The van der Waals surface area contributed by atoms with Crippen LogP contribution in [-0.2, 0) is 4.79 Å². The minimum Gasteiger partial charge on any atom is -0.492 e. The molecule has 0 aliphatic rings. The maximum absolute atomic E-state index is 12.7. The molecule has 4 heteroatoms. The number of para-hydroxylation sites is 2. The standard InChI is InChI=1S/C19H20N2O2/c1-3-14-20-18(15-10-6-5-7-11-15)19(22)21-16-12-8-9-13-17(16)23-4-2/h1,5-13,18,20H,4,14H2,2H3,(H,21,22)/p+1/t18-/m1/s1. The zero-order valence-electron chi connectivity index (χ0n) is 13.2. The molecule has 118 valence electrons. The largest absolute Gasteiger partial charge is 0.492 e. The molecule has 2 rings (SSSR count). The average molecular weight is 309 g/mol. The number of hydrogen-bond donors (Lipinski definition) is 2. The Morgan fingerprint density at radius 2 is 1.91 bits per heavy atom. The Morgan fingerprint density at radius 1 is 1.22 bits per heavy atom. The van der Waals surface area contributed by atoms with E-state index >= 15 is 0 Å². The molecule has 0 saturated carbocycles. The zero-order valence-corrected chi connectivity index (χ0v) is 13.2. The molecule has 0 fully saturated rings. The van der Waals surface area contributed by atoms with Crippen LogP contribution in [0.15, 0.2) is 54.6 Å². The van der Waals surface area contributed by atoms with Crippen molar-refractivity contribution in [2.45, 2.75) is 13.0 Å². The molecule has 0 aromatic heterocycles. The number of terminal acetylenes is 1. The Kier molecular flexibility index (Phi) is 6.22. The van der Waals surface area contributed by atoms with E-state index in [4.69, 9.17) is 11.2 Å². The van der Waals surface area contributed by atoms with Gasteiger partial charge in [0, 0.05) is 5.56 Å². The molecule has 3 N–H and O–H groups in total. The van der Waals surface area contributed by atoms with Crippen LogP contribution in [0, 0.1) is 12.3 Å². The Hall–Kier alpha value is -2.77. The van der Waals surface area contributed by atoms with Crippen LogP contribution < -0.4 is 15.4 Å². The Labute approximate surface area is 136 Å². The van der Waals surface area contributed by atoms with Gasteiger partial charge in [0.2, 0.25) is 0 Å². The average Bonchev–Trinajstić information content (AvgIpc) is 2.58. The Bertz CT molecular complexity index is 677. The normalized spacial score (nSPS) is 11.3. The lowest BCUT2D eigenvalue weighted by atomic mass is 10.1. The summed E-state index contributed by atoms with van der Waals surface area (Å²) in [5, 5.41) is 4.78. The lowest BCUT2D eigenvalue weighted by molar-refractivity contribution is -0.672. The van der Waals surface area contributed by atoms with Crippen LogP contribution in [0.1, 0.15) is 18.5 Å². The second-order valence-electron chi connectivity index (χ2n) is 4.95. The molecular weight excluding hydrogens is 288 g/mol. The highest BCUT2D eigenvalue weighted by Gasteiger charge is 2.24. The minimum absolute atomic E-state index is 0.126. The van der Waals surface area contributed by atoms with Crippen LogP contribution in [0.3, 0.4) is 0 Å². The second-order valence-corrected chi connectivity index (χ2v) is 4.95. The number of rotatable bonds is 7. The molecule has 0 unspecified atom stereocenters. The monoisotopic (exact) mass is 309 g/mol. The first kappa shape index (κ1) is 16.6. The molecule has 0 radical (unpaired) electrons. The van der Waals surface area contributed by atoms with Crippen LogP contribution in [0.5, 0.6) is 5.75 Å².